The minimum absolute atomic E-state index is 0.646. The van der Waals surface area contributed by atoms with Crippen molar-refractivity contribution in [2.75, 3.05) is 0 Å². The Hall–Kier alpha value is -1.51. The molecule has 0 saturated carbocycles. The summed E-state index contributed by atoms with van der Waals surface area (Å²) in [5, 5.41) is 8.94. The van der Waals surface area contributed by atoms with Crippen LogP contribution in [-0.4, -0.2) is 16.7 Å². The molecule has 1 aromatic carbocycles. The average Bonchev–Trinajstić information content (AvgIpc) is 2.18. The lowest BCUT2D eigenvalue weighted by Gasteiger charge is -2.23. The lowest BCUT2D eigenvalue weighted by Crippen LogP contribution is -2.38. The molecule has 0 radical (unpaired) electrons. The summed E-state index contributed by atoms with van der Waals surface area (Å²) >= 11 is 0. The van der Waals surface area contributed by atoms with Gasteiger partial charge in [-0.25, -0.2) is 4.79 Å². The summed E-state index contributed by atoms with van der Waals surface area (Å²) in [7, 11) is 0. The molecule has 1 N–H and O–H groups in total. The van der Waals surface area contributed by atoms with Gasteiger partial charge in [-0.1, -0.05) is 25.1 Å². The van der Waals surface area contributed by atoms with Crippen LogP contribution in [0.2, 0.25) is 0 Å². The third kappa shape index (κ3) is 2.72. The van der Waals surface area contributed by atoms with E-state index in [-0.39, 0.29) is 0 Å². The molecule has 0 aliphatic carbocycles. The highest BCUT2D eigenvalue weighted by atomic mass is 16.5. The minimum Gasteiger partial charge on any atom is -0.478 e. The Morgan fingerprint density at radius 3 is 2.53 bits per heavy atom. The fourth-order valence-electron chi connectivity index (χ4n) is 1.21. The SMILES string of the molecule is CCc1ccccc1OC(C)(C)C(=O)O. The van der Waals surface area contributed by atoms with E-state index in [4.69, 9.17) is 9.84 Å². The second-order valence-electron chi connectivity index (χ2n) is 3.88. The first-order chi connectivity index (χ1) is 6.97. The Labute approximate surface area is 89.7 Å². The van der Waals surface area contributed by atoms with Gasteiger partial charge >= 0.3 is 5.97 Å². The maximum atomic E-state index is 10.9. The van der Waals surface area contributed by atoms with Gasteiger partial charge in [-0.2, -0.15) is 0 Å². The van der Waals surface area contributed by atoms with E-state index >= 15 is 0 Å². The Kier molecular flexibility index (Phi) is 3.35. The summed E-state index contributed by atoms with van der Waals surface area (Å²) in [6.07, 6.45) is 0.825. The number of para-hydroxylation sites is 1. The molecule has 0 fully saturated rings. The molecular weight excluding hydrogens is 192 g/mol. The number of carboxylic acid groups (broad SMARTS) is 1. The number of carboxylic acids is 1. The number of rotatable bonds is 4. The van der Waals surface area contributed by atoms with Gasteiger partial charge in [0.2, 0.25) is 0 Å². The lowest BCUT2D eigenvalue weighted by atomic mass is 10.1. The number of hydrogen-bond acceptors (Lipinski definition) is 2. The molecular formula is C12H16O3. The van der Waals surface area contributed by atoms with E-state index in [1.165, 1.54) is 0 Å². The van der Waals surface area contributed by atoms with Gasteiger partial charge in [0.25, 0.3) is 0 Å². The normalized spacial score (nSPS) is 11.1. The van der Waals surface area contributed by atoms with Crippen LogP contribution >= 0.6 is 0 Å². The van der Waals surface area contributed by atoms with Gasteiger partial charge in [0, 0.05) is 0 Å². The van der Waals surface area contributed by atoms with Gasteiger partial charge in [-0.15, -0.1) is 0 Å². The monoisotopic (exact) mass is 208 g/mol. The van der Waals surface area contributed by atoms with E-state index in [1.54, 1.807) is 19.9 Å². The second-order valence-corrected chi connectivity index (χ2v) is 3.88. The molecule has 0 unspecified atom stereocenters. The van der Waals surface area contributed by atoms with E-state index in [0.29, 0.717) is 5.75 Å². The second kappa shape index (κ2) is 4.34. The summed E-state index contributed by atoms with van der Waals surface area (Å²) in [5.74, 6) is -0.319. The number of benzene rings is 1. The van der Waals surface area contributed by atoms with Gasteiger partial charge in [0.05, 0.1) is 0 Å². The molecule has 0 heterocycles. The standard InChI is InChI=1S/C12H16O3/c1-4-9-7-5-6-8-10(9)15-12(2,3)11(13)14/h5-8H,4H2,1-3H3,(H,13,14). The van der Waals surface area contributed by atoms with E-state index in [2.05, 4.69) is 0 Å². The van der Waals surface area contributed by atoms with Crippen molar-refractivity contribution in [1.29, 1.82) is 0 Å². The van der Waals surface area contributed by atoms with Crippen LogP contribution in [0.3, 0.4) is 0 Å². The zero-order valence-corrected chi connectivity index (χ0v) is 9.28. The number of ether oxygens (including phenoxy) is 1. The first kappa shape index (κ1) is 11.6. The molecule has 0 atom stereocenters. The molecule has 0 spiro atoms. The van der Waals surface area contributed by atoms with Gasteiger partial charge in [0.1, 0.15) is 5.75 Å². The van der Waals surface area contributed by atoms with Crippen LogP contribution < -0.4 is 4.74 Å². The van der Waals surface area contributed by atoms with E-state index in [0.717, 1.165) is 12.0 Å². The van der Waals surface area contributed by atoms with Crippen molar-refractivity contribution in [3.05, 3.63) is 29.8 Å². The van der Waals surface area contributed by atoms with Crippen molar-refractivity contribution in [1.82, 2.24) is 0 Å². The molecule has 82 valence electrons. The fourth-order valence-corrected chi connectivity index (χ4v) is 1.21. The predicted molar refractivity (Wildman–Crippen MR) is 58.2 cm³/mol. The predicted octanol–water partition coefficient (Wildman–Crippen LogP) is 2.49. The summed E-state index contributed by atoms with van der Waals surface area (Å²) in [5.41, 5.74) is -0.169. The molecule has 0 aromatic heterocycles. The Bertz CT molecular complexity index is 356. The maximum absolute atomic E-state index is 10.9. The molecule has 3 nitrogen and oxygen atoms in total. The van der Waals surface area contributed by atoms with E-state index in [1.807, 2.05) is 25.1 Å². The van der Waals surface area contributed by atoms with Crippen molar-refractivity contribution in [2.45, 2.75) is 32.8 Å². The van der Waals surface area contributed by atoms with Gasteiger partial charge in [-0.05, 0) is 31.9 Å². The largest absolute Gasteiger partial charge is 0.478 e. The van der Waals surface area contributed by atoms with Crippen LogP contribution in [-0.2, 0) is 11.2 Å². The van der Waals surface area contributed by atoms with Crippen molar-refractivity contribution in [3.8, 4) is 5.75 Å². The summed E-state index contributed by atoms with van der Waals surface area (Å²) < 4.78 is 5.49. The molecule has 15 heavy (non-hydrogen) atoms. The van der Waals surface area contributed by atoms with E-state index < -0.39 is 11.6 Å². The lowest BCUT2D eigenvalue weighted by molar-refractivity contribution is -0.152. The van der Waals surface area contributed by atoms with Crippen molar-refractivity contribution >= 4 is 5.97 Å². The molecule has 0 aliphatic heterocycles. The summed E-state index contributed by atoms with van der Waals surface area (Å²) in [6.45, 7) is 5.10. The highest BCUT2D eigenvalue weighted by Crippen LogP contribution is 2.23. The highest BCUT2D eigenvalue weighted by molar-refractivity contribution is 5.76. The smallest absolute Gasteiger partial charge is 0.347 e. The first-order valence-corrected chi connectivity index (χ1v) is 4.97. The Morgan fingerprint density at radius 2 is 2.00 bits per heavy atom. The molecule has 3 heteroatoms. The molecule has 0 bridgehead atoms. The van der Waals surface area contributed by atoms with Crippen molar-refractivity contribution < 1.29 is 14.6 Å². The maximum Gasteiger partial charge on any atom is 0.347 e. The number of carbonyl (C=O) groups is 1. The summed E-state index contributed by atoms with van der Waals surface area (Å²) in [6, 6.07) is 7.49. The molecule has 0 aliphatic rings. The molecule has 0 amide bonds. The minimum atomic E-state index is -1.19. The van der Waals surface area contributed by atoms with E-state index in [9.17, 15) is 4.79 Å². The number of aliphatic carboxylic acids is 1. The van der Waals surface area contributed by atoms with Crippen LogP contribution in [0, 0.1) is 0 Å². The van der Waals surface area contributed by atoms with Gasteiger partial charge in [-0.3, -0.25) is 0 Å². The Morgan fingerprint density at radius 1 is 1.40 bits per heavy atom. The zero-order valence-electron chi connectivity index (χ0n) is 9.28. The average molecular weight is 208 g/mol. The van der Waals surface area contributed by atoms with Crippen LogP contribution in [0.25, 0.3) is 0 Å². The van der Waals surface area contributed by atoms with Crippen LogP contribution in [0.5, 0.6) is 5.75 Å². The quantitative estimate of drug-likeness (QED) is 0.826. The molecule has 1 aromatic rings. The van der Waals surface area contributed by atoms with Crippen molar-refractivity contribution in [3.63, 3.8) is 0 Å². The van der Waals surface area contributed by atoms with Gasteiger partial charge < -0.3 is 9.84 Å². The third-order valence-electron chi connectivity index (χ3n) is 2.23. The van der Waals surface area contributed by atoms with Crippen LogP contribution in [0.1, 0.15) is 26.3 Å². The fraction of sp³-hybridized carbons (Fsp3) is 0.417. The molecule has 1 rings (SSSR count). The number of hydrogen-bond donors (Lipinski definition) is 1. The highest BCUT2D eigenvalue weighted by Gasteiger charge is 2.29. The molecule has 0 saturated heterocycles. The first-order valence-electron chi connectivity index (χ1n) is 4.97. The zero-order chi connectivity index (χ0) is 11.5. The third-order valence-corrected chi connectivity index (χ3v) is 2.23. The topological polar surface area (TPSA) is 46.5 Å². The van der Waals surface area contributed by atoms with Crippen LogP contribution in [0.4, 0.5) is 0 Å². The Balaban J connectivity index is 2.94. The number of aryl methyl sites for hydroxylation is 1. The van der Waals surface area contributed by atoms with Crippen LogP contribution in [0.15, 0.2) is 24.3 Å². The van der Waals surface area contributed by atoms with Crippen molar-refractivity contribution in [2.24, 2.45) is 0 Å². The summed E-state index contributed by atoms with van der Waals surface area (Å²) in [4.78, 5) is 10.9. The van der Waals surface area contributed by atoms with Gasteiger partial charge in [0.15, 0.2) is 5.60 Å².